The molecule has 0 radical (unpaired) electrons. The largest absolute Gasteiger partial charge is 0.494 e. The molecular formula is C15H25NO2. The van der Waals surface area contributed by atoms with Gasteiger partial charge in [-0.15, -0.1) is 0 Å². The number of hydrogen-bond acceptors (Lipinski definition) is 3. The summed E-state index contributed by atoms with van der Waals surface area (Å²) >= 11 is 0. The van der Waals surface area contributed by atoms with Crippen molar-refractivity contribution in [2.24, 2.45) is 0 Å². The van der Waals surface area contributed by atoms with Crippen LogP contribution in [0.2, 0.25) is 0 Å². The van der Waals surface area contributed by atoms with Gasteiger partial charge in [0, 0.05) is 6.61 Å². The third-order valence-corrected chi connectivity index (χ3v) is 2.99. The van der Waals surface area contributed by atoms with Gasteiger partial charge in [0.05, 0.1) is 18.8 Å². The van der Waals surface area contributed by atoms with Gasteiger partial charge in [-0.1, -0.05) is 19.1 Å². The number of rotatable bonds is 8. The maximum atomic E-state index is 5.80. The molecule has 0 bridgehead atoms. The van der Waals surface area contributed by atoms with E-state index in [9.17, 15) is 0 Å². The van der Waals surface area contributed by atoms with E-state index in [0.717, 1.165) is 18.8 Å². The molecule has 1 aromatic rings. The molecule has 0 saturated heterocycles. The number of ether oxygens (including phenoxy) is 2. The van der Waals surface area contributed by atoms with E-state index in [2.05, 4.69) is 24.4 Å². The second kappa shape index (κ2) is 8.11. The highest BCUT2D eigenvalue weighted by molar-refractivity contribution is 5.31. The minimum absolute atomic E-state index is 0.192. The van der Waals surface area contributed by atoms with Crippen molar-refractivity contribution in [2.45, 2.75) is 39.3 Å². The van der Waals surface area contributed by atoms with Gasteiger partial charge in [0.15, 0.2) is 0 Å². The first kappa shape index (κ1) is 15.0. The lowest BCUT2D eigenvalue weighted by Gasteiger charge is -2.26. The monoisotopic (exact) mass is 251 g/mol. The first-order valence-electron chi connectivity index (χ1n) is 6.78. The first-order chi connectivity index (χ1) is 8.76. The summed E-state index contributed by atoms with van der Waals surface area (Å²) in [5.74, 6) is 0.918. The van der Waals surface area contributed by atoms with Crippen LogP contribution >= 0.6 is 0 Å². The second-order valence-corrected chi connectivity index (χ2v) is 4.17. The minimum Gasteiger partial charge on any atom is -0.494 e. The summed E-state index contributed by atoms with van der Waals surface area (Å²) in [6.07, 6.45) is 1.18. The Morgan fingerprint density at radius 2 is 1.94 bits per heavy atom. The predicted molar refractivity (Wildman–Crippen MR) is 75.1 cm³/mol. The molecule has 2 atom stereocenters. The van der Waals surface area contributed by atoms with Crippen LogP contribution in [0.15, 0.2) is 24.3 Å². The molecule has 0 spiro atoms. The van der Waals surface area contributed by atoms with Crippen molar-refractivity contribution in [3.63, 3.8) is 0 Å². The van der Waals surface area contributed by atoms with E-state index in [-0.39, 0.29) is 12.1 Å². The summed E-state index contributed by atoms with van der Waals surface area (Å²) in [5, 5.41) is 3.34. The third kappa shape index (κ3) is 4.00. The highest BCUT2D eigenvalue weighted by Gasteiger charge is 2.20. The SMILES string of the molecule is CCOc1cccc(C(NC)C(CC)OCC)c1. The first-order valence-corrected chi connectivity index (χ1v) is 6.78. The van der Waals surface area contributed by atoms with E-state index in [4.69, 9.17) is 9.47 Å². The minimum atomic E-state index is 0.192. The molecule has 0 aliphatic rings. The molecule has 1 aromatic carbocycles. The van der Waals surface area contributed by atoms with Gasteiger partial charge in [0.1, 0.15) is 5.75 Å². The summed E-state index contributed by atoms with van der Waals surface area (Å²) in [6.45, 7) is 7.61. The summed E-state index contributed by atoms with van der Waals surface area (Å²) in [6, 6.07) is 8.43. The summed E-state index contributed by atoms with van der Waals surface area (Å²) in [7, 11) is 1.97. The summed E-state index contributed by atoms with van der Waals surface area (Å²) in [5.41, 5.74) is 1.21. The van der Waals surface area contributed by atoms with Crippen molar-refractivity contribution < 1.29 is 9.47 Å². The van der Waals surface area contributed by atoms with Crippen LogP contribution in [0.5, 0.6) is 5.75 Å². The Morgan fingerprint density at radius 1 is 1.17 bits per heavy atom. The lowest BCUT2D eigenvalue weighted by molar-refractivity contribution is 0.0333. The summed E-state index contributed by atoms with van der Waals surface area (Å²) < 4.78 is 11.3. The predicted octanol–water partition coefficient (Wildman–Crippen LogP) is 3.16. The zero-order chi connectivity index (χ0) is 13.4. The van der Waals surface area contributed by atoms with Crippen molar-refractivity contribution in [1.29, 1.82) is 0 Å². The summed E-state index contributed by atoms with van der Waals surface area (Å²) in [4.78, 5) is 0. The van der Waals surface area contributed by atoms with Crippen molar-refractivity contribution in [3.05, 3.63) is 29.8 Å². The van der Waals surface area contributed by atoms with E-state index in [1.54, 1.807) is 0 Å². The lowest BCUT2D eigenvalue weighted by atomic mass is 9.99. The molecule has 0 heterocycles. The van der Waals surface area contributed by atoms with E-state index in [1.165, 1.54) is 5.56 Å². The molecule has 0 fully saturated rings. The molecule has 0 aliphatic heterocycles. The third-order valence-electron chi connectivity index (χ3n) is 2.99. The van der Waals surface area contributed by atoms with Crippen molar-refractivity contribution >= 4 is 0 Å². The van der Waals surface area contributed by atoms with Crippen LogP contribution in [-0.4, -0.2) is 26.4 Å². The molecule has 3 nitrogen and oxygen atoms in total. The quantitative estimate of drug-likeness (QED) is 0.770. The average Bonchev–Trinajstić information content (AvgIpc) is 2.39. The van der Waals surface area contributed by atoms with Crippen LogP contribution in [0.1, 0.15) is 38.8 Å². The molecule has 18 heavy (non-hydrogen) atoms. The lowest BCUT2D eigenvalue weighted by Crippen LogP contribution is -2.31. The van der Waals surface area contributed by atoms with Crippen molar-refractivity contribution in [2.75, 3.05) is 20.3 Å². The average molecular weight is 251 g/mol. The fraction of sp³-hybridized carbons (Fsp3) is 0.600. The molecule has 0 saturated carbocycles. The van der Waals surface area contributed by atoms with Gasteiger partial charge in [-0.2, -0.15) is 0 Å². The van der Waals surface area contributed by atoms with Gasteiger partial charge in [0.2, 0.25) is 0 Å². The molecule has 1 rings (SSSR count). The van der Waals surface area contributed by atoms with Crippen molar-refractivity contribution in [3.8, 4) is 5.75 Å². The normalized spacial score (nSPS) is 14.2. The zero-order valence-electron chi connectivity index (χ0n) is 11.9. The fourth-order valence-corrected chi connectivity index (χ4v) is 2.20. The Kier molecular flexibility index (Phi) is 6.76. The number of benzene rings is 1. The second-order valence-electron chi connectivity index (χ2n) is 4.17. The van der Waals surface area contributed by atoms with Crippen LogP contribution < -0.4 is 10.1 Å². The standard InChI is InChI=1S/C15H25NO2/c1-5-14(18-7-3)15(16-4)12-9-8-10-13(11-12)17-6-2/h8-11,14-16H,5-7H2,1-4H3. The van der Waals surface area contributed by atoms with E-state index >= 15 is 0 Å². The van der Waals surface area contributed by atoms with Crippen LogP contribution in [0.4, 0.5) is 0 Å². The van der Waals surface area contributed by atoms with Crippen molar-refractivity contribution in [1.82, 2.24) is 5.32 Å². The fourth-order valence-electron chi connectivity index (χ4n) is 2.20. The van der Waals surface area contributed by atoms with Gasteiger partial charge >= 0.3 is 0 Å². The maximum Gasteiger partial charge on any atom is 0.119 e. The topological polar surface area (TPSA) is 30.5 Å². The number of nitrogens with one attached hydrogen (secondary N) is 1. The Hall–Kier alpha value is -1.06. The number of hydrogen-bond donors (Lipinski definition) is 1. The molecule has 1 N–H and O–H groups in total. The van der Waals surface area contributed by atoms with Gasteiger partial charge < -0.3 is 14.8 Å². The number of likely N-dealkylation sites (N-methyl/N-ethyl adjacent to an activating group) is 1. The zero-order valence-corrected chi connectivity index (χ0v) is 11.9. The van der Waals surface area contributed by atoms with Gasteiger partial charge in [0.25, 0.3) is 0 Å². The molecule has 0 aliphatic carbocycles. The van der Waals surface area contributed by atoms with E-state index < -0.39 is 0 Å². The molecular weight excluding hydrogens is 226 g/mol. The molecule has 3 heteroatoms. The van der Waals surface area contributed by atoms with Gasteiger partial charge in [-0.05, 0) is 45.0 Å². The Labute approximate surface area is 110 Å². The van der Waals surface area contributed by atoms with Gasteiger partial charge in [-0.25, -0.2) is 0 Å². The smallest absolute Gasteiger partial charge is 0.119 e. The Bertz CT molecular complexity index is 341. The van der Waals surface area contributed by atoms with E-state index in [0.29, 0.717) is 6.61 Å². The van der Waals surface area contributed by atoms with E-state index in [1.807, 2.05) is 33.0 Å². The highest BCUT2D eigenvalue weighted by Crippen LogP contribution is 2.24. The van der Waals surface area contributed by atoms with Crippen LogP contribution in [0.3, 0.4) is 0 Å². The highest BCUT2D eigenvalue weighted by atomic mass is 16.5. The van der Waals surface area contributed by atoms with Gasteiger partial charge in [-0.3, -0.25) is 0 Å². The van der Waals surface area contributed by atoms with Crippen LogP contribution in [-0.2, 0) is 4.74 Å². The molecule has 0 aromatic heterocycles. The Balaban J connectivity index is 2.89. The molecule has 0 amide bonds. The van der Waals surface area contributed by atoms with Crippen LogP contribution in [0, 0.1) is 0 Å². The molecule has 2 unspecified atom stereocenters. The van der Waals surface area contributed by atoms with Crippen LogP contribution in [0.25, 0.3) is 0 Å². The molecule has 102 valence electrons. The Morgan fingerprint density at radius 3 is 2.50 bits per heavy atom. The maximum absolute atomic E-state index is 5.80.